The Morgan fingerprint density at radius 3 is 2.67 bits per heavy atom. The molecule has 18 heavy (non-hydrogen) atoms. The second kappa shape index (κ2) is 4.77. The van der Waals surface area contributed by atoms with Gasteiger partial charge in [-0.25, -0.2) is 0 Å². The molecule has 1 saturated heterocycles. The summed E-state index contributed by atoms with van der Waals surface area (Å²) >= 11 is 0. The maximum Gasteiger partial charge on any atom is 0.249 e. The van der Waals surface area contributed by atoms with Crippen molar-refractivity contribution in [1.82, 2.24) is 0 Å². The van der Waals surface area contributed by atoms with Crippen molar-refractivity contribution >= 4 is 11.6 Å². The fourth-order valence-corrected chi connectivity index (χ4v) is 1.96. The first-order chi connectivity index (χ1) is 8.57. The predicted octanol–water partition coefficient (Wildman–Crippen LogP) is 0.639. The van der Waals surface area contributed by atoms with Crippen molar-refractivity contribution in [2.75, 3.05) is 25.2 Å². The Hall–Kier alpha value is -1.90. The van der Waals surface area contributed by atoms with Gasteiger partial charge in [0.1, 0.15) is 5.54 Å². The van der Waals surface area contributed by atoms with Crippen molar-refractivity contribution < 1.29 is 9.53 Å². The van der Waals surface area contributed by atoms with Crippen LogP contribution < -0.4 is 10.6 Å². The Morgan fingerprint density at radius 2 is 2.17 bits per heavy atom. The van der Waals surface area contributed by atoms with Crippen molar-refractivity contribution in [2.45, 2.75) is 12.0 Å². The van der Waals surface area contributed by atoms with E-state index in [9.17, 15) is 4.79 Å². The second-order valence-corrected chi connectivity index (χ2v) is 4.48. The number of rotatable bonds is 2. The lowest BCUT2D eigenvalue weighted by Crippen LogP contribution is -2.55. The van der Waals surface area contributed by atoms with Crippen molar-refractivity contribution in [2.24, 2.45) is 5.73 Å². The molecule has 0 aliphatic carbocycles. The third-order valence-electron chi connectivity index (χ3n) is 3.17. The molecular weight excluding hydrogens is 230 g/mol. The van der Waals surface area contributed by atoms with E-state index in [1.807, 2.05) is 6.07 Å². The minimum absolute atomic E-state index is 0.162. The van der Waals surface area contributed by atoms with Crippen molar-refractivity contribution in [1.29, 1.82) is 5.26 Å². The van der Waals surface area contributed by atoms with Crippen LogP contribution in [-0.2, 0) is 9.53 Å². The van der Waals surface area contributed by atoms with Crippen LogP contribution in [0.25, 0.3) is 0 Å². The van der Waals surface area contributed by atoms with E-state index in [-0.39, 0.29) is 12.5 Å². The standard InChI is InChI=1S/C13H15N3O2/c1-16(11-4-2-10(8-14)3-5-11)12(17)13(15)6-7-18-9-13/h2-5H,6-7,9,15H2,1H3. The monoisotopic (exact) mass is 245 g/mol. The zero-order chi connectivity index (χ0) is 13.2. The normalized spacial score (nSPS) is 22.5. The molecule has 5 nitrogen and oxygen atoms in total. The molecular formula is C13H15N3O2. The number of amides is 1. The maximum atomic E-state index is 12.3. The van der Waals surface area contributed by atoms with Gasteiger partial charge in [-0.3, -0.25) is 4.79 Å². The first-order valence-electron chi connectivity index (χ1n) is 5.72. The molecule has 0 radical (unpaired) electrons. The third kappa shape index (κ3) is 2.21. The Kier molecular flexibility index (Phi) is 3.32. The van der Waals surface area contributed by atoms with Crippen LogP contribution in [0.2, 0.25) is 0 Å². The fourth-order valence-electron chi connectivity index (χ4n) is 1.96. The predicted molar refractivity (Wildman–Crippen MR) is 66.9 cm³/mol. The first-order valence-corrected chi connectivity index (χ1v) is 5.72. The van der Waals surface area contributed by atoms with Gasteiger partial charge in [0.2, 0.25) is 5.91 Å². The summed E-state index contributed by atoms with van der Waals surface area (Å²) in [5.41, 5.74) is 6.38. The number of nitriles is 1. The van der Waals surface area contributed by atoms with E-state index in [4.69, 9.17) is 15.7 Å². The van der Waals surface area contributed by atoms with E-state index >= 15 is 0 Å². The minimum Gasteiger partial charge on any atom is -0.379 e. The molecule has 1 aliphatic rings. The van der Waals surface area contributed by atoms with Crippen LogP contribution in [0.1, 0.15) is 12.0 Å². The molecule has 94 valence electrons. The molecule has 0 aromatic heterocycles. The summed E-state index contributed by atoms with van der Waals surface area (Å²) in [7, 11) is 1.68. The average molecular weight is 245 g/mol. The summed E-state index contributed by atoms with van der Waals surface area (Å²) in [4.78, 5) is 13.8. The molecule has 2 N–H and O–H groups in total. The minimum atomic E-state index is -0.928. The van der Waals surface area contributed by atoms with Crippen LogP contribution in [0, 0.1) is 11.3 Å². The van der Waals surface area contributed by atoms with Crippen molar-refractivity contribution in [3.63, 3.8) is 0 Å². The Bertz CT molecular complexity index is 484. The van der Waals surface area contributed by atoms with Crippen LogP contribution in [0.5, 0.6) is 0 Å². The zero-order valence-corrected chi connectivity index (χ0v) is 10.2. The van der Waals surface area contributed by atoms with Crippen LogP contribution in [0.15, 0.2) is 24.3 Å². The van der Waals surface area contributed by atoms with Gasteiger partial charge in [-0.05, 0) is 30.7 Å². The van der Waals surface area contributed by atoms with Crippen LogP contribution >= 0.6 is 0 Å². The molecule has 5 heteroatoms. The van der Waals surface area contributed by atoms with Crippen LogP contribution in [0.4, 0.5) is 5.69 Å². The topological polar surface area (TPSA) is 79.3 Å². The lowest BCUT2D eigenvalue weighted by atomic mass is 9.98. The van der Waals surface area contributed by atoms with Crippen LogP contribution in [0.3, 0.4) is 0 Å². The number of hydrogen-bond donors (Lipinski definition) is 1. The van der Waals surface area contributed by atoms with E-state index < -0.39 is 5.54 Å². The number of benzene rings is 1. The molecule has 1 aliphatic heterocycles. The Balaban J connectivity index is 2.17. The van der Waals surface area contributed by atoms with Gasteiger partial charge in [-0.1, -0.05) is 0 Å². The quantitative estimate of drug-likeness (QED) is 0.829. The molecule has 1 atom stereocenters. The summed E-state index contributed by atoms with van der Waals surface area (Å²) < 4.78 is 5.19. The van der Waals surface area contributed by atoms with Gasteiger partial charge in [-0.15, -0.1) is 0 Å². The summed E-state index contributed by atoms with van der Waals surface area (Å²) in [5.74, 6) is -0.162. The van der Waals surface area contributed by atoms with Gasteiger partial charge in [0, 0.05) is 19.3 Å². The lowest BCUT2D eigenvalue weighted by Gasteiger charge is -2.27. The van der Waals surface area contributed by atoms with Gasteiger partial charge in [-0.2, -0.15) is 5.26 Å². The highest BCUT2D eigenvalue weighted by molar-refractivity contribution is 6.00. The number of ether oxygens (including phenoxy) is 1. The highest BCUT2D eigenvalue weighted by Crippen LogP contribution is 2.22. The second-order valence-electron chi connectivity index (χ2n) is 4.48. The van der Waals surface area contributed by atoms with Crippen LogP contribution in [-0.4, -0.2) is 31.7 Å². The first kappa shape index (κ1) is 12.6. The summed E-state index contributed by atoms with van der Waals surface area (Å²) in [6, 6.07) is 8.85. The van der Waals surface area contributed by atoms with E-state index in [1.54, 1.807) is 31.3 Å². The number of nitrogens with zero attached hydrogens (tertiary/aromatic N) is 2. The molecule has 0 saturated carbocycles. The molecule has 0 spiro atoms. The third-order valence-corrected chi connectivity index (χ3v) is 3.17. The zero-order valence-electron chi connectivity index (χ0n) is 10.2. The molecule has 1 fully saturated rings. The molecule has 1 aromatic rings. The fraction of sp³-hybridized carbons (Fsp3) is 0.385. The molecule has 1 aromatic carbocycles. The highest BCUT2D eigenvalue weighted by atomic mass is 16.5. The van der Waals surface area contributed by atoms with E-state index in [1.165, 1.54) is 4.90 Å². The molecule has 1 amide bonds. The Morgan fingerprint density at radius 1 is 1.50 bits per heavy atom. The van der Waals surface area contributed by atoms with Crippen molar-refractivity contribution in [3.05, 3.63) is 29.8 Å². The summed E-state index contributed by atoms with van der Waals surface area (Å²) in [5, 5.41) is 8.72. The van der Waals surface area contributed by atoms with Gasteiger partial charge < -0.3 is 15.4 Å². The lowest BCUT2D eigenvalue weighted by molar-refractivity contribution is -0.123. The maximum absolute atomic E-state index is 12.3. The summed E-state index contributed by atoms with van der Waals surface area (Å²) in [6.07, 6.45) is 0.534. The van der Waals surface area contributed by atoms with Gasteiger partial charge in [0.05, 0.1) is 18.2 Å². The van der Waals surface area contributed by atoms with E-state index in [2.05, 4.69) is 0 Å². The largest absolute Gasteiger partial charge is 0.379 e. The highest BCUT2D eigenvalue weighted by Gasteiger charge is 2.40. The average Bonchev–Trinajstić information content (AvgIpc) is 2.85. The Labute approximate surface area is 106 Å². The number of nitrogens with two attached hydrogens (primary N) is 1. The van der Waals surface area contributed by atoms with Gasteiger partial charge >= 0.3 is 0 Å². The van der Waals surface area contributed by atoms with Crippen molar-refractivity contribution in [3.8, 4) is 6.07 Å². The molecule has 2 rings (SSSR count). The number of likely N-dealkylation sites (N-methyl/N-ethyl adjacent to an activating group) is 1. The SMILES string of the molecule is CN(C(=O)C1(N)CCOC1)c1ccc(C#N)cc1. The van der Waals surface area contributed by atoms with E-state index in [0.29, 0.717) is 18.6 Å². The smallest absolute Gasteiger partial charge is 0.249 e. The van der Waals surface area contributed by atoms with E-state index in [0.717, 1.165) is 5.69 Å². The number of hydrogen-bond acceptors (Lipinski definition) is 4. The molecule has 1 heterocycles. The van der Waals surface area contributed by atoms with Gasteiger partial charge in [0.25, 0.3) is 0 Å². The number of anilines is 1. The molecule has 0 bridgehead atoms. The summed E-state index contributed by atoms with van der Waals surface area (Å²) in [6.45, 7) is 0.774. The number of carbonyl (C=O) groups is 1. The number of carbonyl (C=O) groups excluding carboxylic acids is 1. The van der Waals surface area contributed by atoms with Gasteiger partial charge in [0.15, 0.2) is 0 Å². The molecule has 1 unspecified atom stereocenters.